The van der Waals surface area contributed by atoms with Crippen LogP contribution in [0, 0.1) is 12.8 Å². The number of carbonyl (C=O) groups excluding carboxylic acids is 1. The second-order valence-electron chi connectivity index (χ2n) is 6.95. The van der Waals surface area contributed by atoms with Crippen LogP contribution < -0.4 is 5.56 Å². The van der Waals surface area contributed by atoms with Crippen molar-refractivity contribution in [3.63, 3.8) is 0 Å². The van der Waals surface area contributed by atoms with Crippen LogP contribution in [-0.2, 0) is 17.9 Å². The molecule has 0 saturated heterocycles. The molecule has 3 rings (SSSR count). The monoisotopic (exact) mass is 364 g/mol. The summed E-state index contributed by atoms with van der Waals surface area (Å²) < 4.78 is 8.85. The van der Waals surface area contributed by atoms with E-state index in [-0.39, 0.29) is 17.7 Å². The summed E-state index contributed by atoms with van der Waals surface area (Å²) in [5, 5.41) is 0. The minimum absolute atomic E-state index is 0.0930. The summed E-state index contributed by atoms with van der Waals surface area (Å²) in [5.41, 5.74) is 1.98. The van der Waals surface area contributed by atoms with Gasteiger partial charge in [0.15, 0.2) is 0 Å². The number of para-hydroxylation sites is 1. The first-order valence-electron chi connectivity index (χ1n) is 9.08. The highest BCUT2D eigenvalue weighted by Crippen LogP contribution is 2.15. The molecule has 0 fully saturated rings. The van der Waals surface area contributed by atoms with Gasteiger partial charge in [0.2, 0.25) is 0 Å². The third-order valence-electron chi connectivity index (χ3n) is 4.35. The fourth-order valence-electron chi connectivity index (χ4n) is 3.07. The average Bonchev–Trinajstić information content (AvgIpc) is 2.91. The van der Waals surface area contributed by atoms with E-state index < -0.39 is 5.97 Å². The molecule has 27 heavy (non-hydrogen) atoms. The molecule has 0 bridgehead atoms. The fraction of sp³-hybridized carbons (Fsp3) is 0.273. The van der Waals surface area contributed by atoms with E-state index in [0.29, 0.717) is 18.2 Å². The van der Waals surface area contributed by atoms with Crippen LogP contribution in [0.5, 0.6) is 0 Å². The number of rotatable bonds is 6. The maximum Gasteiger partial charge on any atom is 0.346 e. The molecule has 0 N–H and O–H groups in total. The first-order valence-corrected chi connectivity index (χ1v) is 9.08. The van der Waals surface area contributed by atoms with Crippen LogP contribution in [0.1, 0.15) is 35.5 Å². The molecule has 0 radical (unpaired) electrons. The Bertz CT molecular complexity index is 970. The van der Waals surface area contributed by atoms with E-state index in [1.165, 1.54) is 0 Å². The van der Waals surface area contributed by atoms with Crippen molar-refractivity contribution in [1.82, 2.24) is 9.36 Å². The minimum Gasteiger partial charge on any atom is -0.457 e. The Labute approximate surface area is 158 Å². The second kappa shape index (κ2) is 8.08. The number of carbonyl (C=O) groups is 1. The van der Waals surface area contributed by atoms with Gasteiger partial charge in [-0.15, -0.1) is 0 Å². The number of hydrogen-bond donors (Lipinski definition) is 0. The molecule has 0 spiro atoms. The summed E-state index contributed by atoms with van der Waals surface area (Å²) >= 11 is 0. The maximum absolute atomic E-state index is 13.1. The molecule has 3 aromatic rings. The van der Waals surface area contributed by atoms with Gasteiger partial charge in [0.05, 0.1) is 11.4 Å². The Kier molecular flexibility index (Phi) is 5.60. The van der Waals surface area contributed by atoms with Gasteiger partial charge in [-0.1, -0.05) is 62.4 Å². The summed E-state index contributed by atoms with van der Waals surface area (Å²) in [7, 11) is 0. The van der Waals surface area contributed by atoms with E-state index in [2.05, 4.69) is 13.8 Å². The summed E-state index contributed by atoms with van der Waals surface area (Å²) in [4.78, 5) is 25.8. The highest BCUT2D eigenvalue weighted by molar-refractivity contribution is 5.90. The van der Waals surface area contributed by atoms with E-state index in [1.807, 2.05) is 65.3 Å². The van der Waals surface area contributed by atoms with Gasteiger partial charge in [-0.05, 0) is 30.5 Å². The number of ether oxygens (including phenoxy) is 1. The molecule has 0 amide bonds. The Morgan fingerprint density at radius 3 is 2.19 bits per heavy atom. The highest BCUT2D eigenvalue weighted by atomic mass is 16.5. The average molecular weight is 364 g/mol. The van der Waals surface area contributed by atoms with Crippen molar-refractivity contribution in [2.75, 3.05) is 0 Å². The molecule has 0 saturated carbocycles. The van der Waals surface area contributed by atoms with Crippen LogP contribution in [0.4, 0.5) is 0 Å². The second-order valence-corrected chi connectivity index (χ2v) is 6.95. The standard InChI is InChI=1S/C22H24N2O3/c1-16(2)14-23-17(3)20(21(25)24(23)19-12-8-5-9-13-19)22(26)27-15-18-10-6-4-7-11-18/h4-13,16H,14-15H2,1-3H3. The Morgan fingerprint density at radius 1 is 1.00 bits per heavy atom. The van der Waals surface area contributed by atoms with Crippen molar-refractivity contribution in [3.05, 3.63) is 87.8 Å². The van der Waals surface area contributed by atoms with Crippen LogP contribution in [0.15, 0.2) is 65.5 Å². The van der Waals surface area contributed by atoms with Crippen LogP contribution in [-0.4, -0.2) is 15.3 Å². The molecular formula is C22H24N2O3. The first-order chi connectivity index (χ1) is 13.0. The van der Waals surface area contributed by atoms with Gasteiger partial charge in [0.1, 0.15) is 12.2 Å². The molecule has 5 nitrogen and oxygen atoms in total. The number of hydrogen-bond acceptors (Lipinski definition) is 3. The van der Waals surface area contributed by atoms with Gasteiger partial charge in [0, 0.05) is 6.54 Å². The van der Waals surface area contributed by atoms with Crippen LogP contribution >= 0.6 is 0 Å². The number of benzene rings is 2. The first kappa shape index (κ1) is 18.7. The van der Waals surface area contributed by atoms with E-state index in [1.54, 1.807) is 11.6 Å². The van der Waals surface area contributed by atoms with Gasteiger partial charge in [0.25, 0.3) is 5.56 Å². The van der Waals surface area contributed by atoms with Gasteiger partial charge in [-0.2, -0.15) is 0 Å². The van der Waals surface area contributed by atoms with Gasteiger partial charge in [-0.3, -0.25) is 9.48 Å². The topological polar surface area (TPSA) is 53.2 Å². The van der Waals surface area contributed by atoms with Crippen molar-refractivity contribution < 1.29 is 9.53 Å². The molecule has 0 unspecified atom stereocenters. The largest absolute Gasteiger partial charge is 0.457 e. The van der Waals surface area contributed by atoms with Crippen molar-refractivity contribution in [3.8, 4) is 5.69 Å². The van der Waals surface area contributed by atoms with Crippen molar-refractivity contribution in [1.29, 1.82) is 0 Å². The third kappa shape index (κ3) is 4.03. The van der Waals surface area contributed by atoms with Crippen molar-refractivity contribution in [2.24, 2.45) is 5.92 Å². The van der Waals surface area contributed by atoms with E-state index >= 15 is 0 Å². The Morgan fingerprint density at radius 2 is 1.59 bits per heavy atom. The summed E-state index contributed by atoms with van der Waals surface area (Å²) in [6.45, 7) is 6.71. The predicted molar refractivity (Wildman–Crippen MR) is 105 cm³/mol. The van der Waals surface area contributed by atoms with Gasteiger partial charge in [-0.25, -0.2) is 9.48 Å². The lowest BCUT2D eigenvalue weighted by Crippen LogP contribution is -2.25. The molecule has 1 aromatic heterocycles. The smallest absolute Gasteiger partial charge is 0.346 e. The molecule has 1 heterocycles. The Balaban J connectivity index is 1.99. The van der Waals surface area contributed by atoms with Crippen molar-refractivity contribution >= 4 is 5.97 Å². The van der Waals surface area contributed by atoms with Crippen molar-refractivity contribution in [2.45, 2.75) is 33.9 Å². The highest BCUT2D eigenvalue weighted by Gasteiger charge is 2.25. The summed E-state index contributed by atoms with van der Waals surface area (Å²) in [5.74, 6) is -0.271. The zero-order valence-corrected chi connectivity index (χ0v) is 15.9. The molecule has 0 aliphatic rings. The predicted octanol–water partition coefficient (Wildman–Crippen LogP) is 3.96. The quantitative estimate of drug-likeness (QED) is 0.622. The number of aromatic nitrogens is 2. The molecule has 0 aliphatic heterocycles. The molecule has 2 aromatic carbocycles. The van der Waals surface area contributed by atoms with Gasteiger partial charge >= 0.3 is 5.97 Å². The molecule has 0 aliphatic carbocycles. The lowest BCUT2D eigenvalue weighted by Gasteiger charge is -2.15. The summed E-state index contributed by atoms with van der Waals surface area (Å²) in [6, 6.07) is 18.8. The SMILES string of the molecule is Cc1c(C(=O)OCc2ccccc2)c(=O)n(-c2ccccc2)n1CC(C)C. The molecule has 0 atom stereocenters. The molecule has 140 valence electrons. The minimum atomic E-state index is -0.589. The normalized spacial score (nSPS) is 11.0. The lowest BCUT2D eigenvalue weighted by atomic mass is 10.2. The van der Waals surface area contributed by atoms with E-state index in [0.717, 1.165) is 11.3 Å². The molecular weight excluding hydrogens is 340 g/mol. The van der Waals surface area contributed by atoms with E-state index in [4.69, 9.17) is 4.74 Å². The number of nitrogens with zero attached hydrogens (tertiary/aromatic N) is 2. The lowest BCUT2D eigenvalue weighted by molar-refractivity contribution is 0.0470. The maximum atomic E-state index is 13.1. The van der Waals surface area contributed by atoms with Crippen LogP contribution in [0.2, 0.25) is 0 Å². The third-order valence-corrected chi connectivity index (χ3v) is 4.35. The van der Waals surface area contributed by atoms with E-state index in [9.17, 15) is 9.59 Å². The number of esters is 1. The van der Waals surface area contributed by atoms with Gasteiger partial charge < -0.3 is 4.74 Å². The summed E-state index contributed by atoms with van der Waals surface area (Å²) in [6.07, 6.45) is 0. The zero-order chi connectivity index (χ0) is 19.4. The zero-order valence-electron chi connectivity index (χ0n) is 15.9. The van der Waals surface area contributed by atoms with Crippen LogP contribution in [0.25, 0.3) is 5.69 Å². The Hall–Kier alpha value is -3.08. The molecule has 5 heteroatoms. The fourth-order valence-corrected chi connectivity index (χ4v) is 3.07. The van der Waals surface area contributed by atoms with Crippen LogP contribution in [0.3, 0.4) is 0 Å².